The van der Waals surface area contributed by atoms with E-state index >= 15 is 0 Å². The summed E-state index contributed by atoms with van der Waals surface area (Å²) >= 11 is 1.15. The fourth-order valence-electron chi connectivity index (χ4n) is 1.15. The van der Waals surface area contributed by atoms with Gasteiger partial charge >= 0.3 is 0 Å². The molecule has 0 aliphatic heterocycles. The van der Waals surface area contributed by atoms with Crippen LogP contribution in [0, 0.1) is 11.6 Å². The summed E-state index contributed by atoms with van der Waals surface area (Å²) < 4.78 is 25.6. The van der Waals surface area contributed by atoms with Crippen LogP contribution in [-0.2, 0) is 0 Å². The van der Waals surface area contributed by atoms with Gasteiger partial charge in [-0.05, 0) is 12.1 Å². The zero-order valence-electron chi connectivity index (χ0n) is 7.91. The number of carbonyl (C=O) groups is 1. The first-order valence-electron chi connectivity index (χ1n) is 4.32. The summed E-state index contributed by atoms with van der Waals surface area (Å²) in [6, 6.07) is 2.81. The lowest BCUT2D eigenvalue weighted by Gasteiger charge is -2.03. The average molecular weight is 240 g/mol. The molecule has 0 aliphatic carbocycles. The molecule has 6 heteroatoms. The molecule has 1 N–H and O–H groups in total. The first kappa shape index (κ1) is 10.7. The Morgan fingerprint density at radius 3 is 2.50 bits per heavy atom. The number of thiazole rings is 1. The van der Waals surface area contributed by atoms with Gasteiger partial charge in [0.1, 0.15) is 11.6 Å². The summed E-state index contributed by atoms with van der Waals surface area (Å²) in [6.07, 6.45) is 1.48. The molecule has 0 aliphatic rings. The monoisotopic (exact) mass is 240 g/mol. The van der Waals surface area contributed by atoms with Gasteiger partial charge in [-0.2, -0.15) is 0 Å². The maximum Gasteiger partial charge on any atom is 0.284 e. The molecule has 1 aromatic heterocycles. The highest BCUT2D eigenvalue weighted by Crippen LogP contribution is 2.14. The second kappa shape index (κ2) is 4.36. The van der Waals surface area contributed by atoms with Crippen molar-refractivity contribution in [3.05, 3.63) is 46.4 Å². The van der Waals surface area contributed by atoms with E-state index in [-0.39, 0.29) is 10.7 Å². The van der Waals surface area contributed by atoms with Crippen LogP contribution in [0.4, 0.5) is 14.5 Å². The van der Waals surface area contributed by atoms with Crippen LogP contribution in [0.2, 0.25) is 0 Å². The molecular weight excluding hydrogens is 234 g/mol. The number of amides is 1. The van der Waals surface area contributed by atoms with Crippen LogP contribution in [-0.4, -0.2) is 10.9 Å². The van der Waals surface area contributed by atoms with Crippen LogP contribution in [0.15, 0.2) is 29.8 Å². The number of nitrogens with one attached hydrogen (secondary N) is 1. The van der Waals surface area contributed by atoms with E-state index in [9.17, 15) is 13.6 Å². The van der Waals surface area contributed by atoms with Gasteiger partial charge in [-0.1, -0.05) is 0 Å². The quantitative estimate of drug-likeness (QED) is 0.876. The lowest BCUT2D eigenvalue weighted by molar-refractivity contribution is 0.102. The number of rotatable bonds is 2. The van der Waals surface area contributed by atoms with Crippen molar-refractivity contribution in [1.29, 1.82) is 0 Å². The van der Waals surface area contributed by atoms with Crippen molar-refractivity contribution in [3.8, 4) is 0 Å². The first-order chi connectivity index (χ1) is 7.65. The van der Waals surface area contributed by atoms with E-state index in [1.54, 1.807) is 5.38 Å². The summed E-state index contributed by atoms with van der Waals surface area (Å²) in [7, 11) is 0. The highest BCUT2D eigenvalue weighted by molar-refractivity contribution is 7.11. The predicted molar refractivity (Wildman–Crippen MR) is 56.4 cm³/mol. The molecule has 0 radical (unpaired) electrons. The van der Waals surface area contributed by atoms with Gasteiger partial charge in [-0.3, -0.25) is 4.79 Å². The van der Waals surface area contributed by atoms with Crippen molar-refractivity contribution in [3.63, 3.8) is 0 Å². The molecule has 2 rings (SSSR count). The number of aromatic nitrogens is 1. The number of hydrogen-bond acceptors (Lipinski definition) is 3. The highest BCUT2D eigenvalue weighted by Gasteiger charge is 2.09. The largest absolute Gasteiger partial charge is 0.320 e. The molecule has 16 heavy (non-hydrogen) atoms. The number of nitrogens with zero attached hydrogens (tertiary/aromatic N) is 1. The summed E-state index contributed by atoms with van der Waals surface area (Å²) in [5.41, 5.74) is 0.0673. The Hall–Kier alpha value is -1.82. The van der Waals surface area contributed by atoms with Gasteiger partial charge in [0, 0.05) is 23.3 Å². The smallest absolute Gasteiger partial charge is 0.284 e. The fraction of sp³-hybridized carbons (Fsp3) is 0. The molecule has 0 fully saturated rings. The lowest BCUT2D eigenvalue weighted by Crippen LogP contribution is -2.11. The second-order valence-electron chi connectivity index (χ2n) is 2.95. The van der Waals surface area contributed by atoms with Gasteiger partial charge in [-0.15, -0.1) is 11.3 Å². The fourth-order valence-corrected chi connectivity index (χ4v) is 1.68. The van der Waals surface area contributed by atoms with Crippen molar-refractivity contribution >= 4 is 22.9 Å². The van der Waals surface area contributed by atoms with Crippen LogP contribution >= 0.6 is 11.3 Å². The van der Waals surface area contributed by atoms with Crippen LogP contribution in [0.1, 0.15) is 9.80 Å². The average Bonchev–Trinajstić information content (AvgIpc) is 2.68. The van der Waals surface area contributed by atoms with Crippen molar-refractivity contribution < 1.29 is 13.6 Å². The first-order valence-corrected chi connectivity index (χ1v) is 5.20. The normalized spacial score (nSPS) is 10.1. The summed E-state index contributed by atoms with van der Waals surface area (Å²) in [5.74, 6) is -1.97. The standard InChI is InChI=1S/C10H6F2N2OS/c11-6-3-7(12)5-8(4-6)14-9(15)10-13-1-2-16-10/h1-5H,(H,14,15). The SMILES string of the molecule is O=C(Nc1cc(F)cc(F)c1)c1nccs1. The molecule has 0 saturated carbocycles. The number of anilines is 1. The molecular formula is C10H6F2N2OS. The minimum absolute atomic E-state index is 0.0673. The molecule has 2 aromatic rings. The number of halogens is 2. The molecule has 1 heterocycles. The molecule has 0 saturated heterocycles. The van der Waals surface area contributed by atoms with Crippen molar-refractivity contribution in [2.75, 3.05) is 5.32 Å². The maximum atomic E-state index is 12.8. The van der Waals surface area contributed by atoms with Gasteiger partial charge in [-0.25, -0.2) is 13.8 Å². The van der Waals surface area contributed by atoms with Gasteiger partial charge in [0.15, 0.2) is 5.01 Å². The van der Waals surface area contributed by atoms with Crippen molar-refractivity contribution in [2.24, 2.45) is 0 Å². The molecule has 0 unspecified atom stereocenters. The Kier molecular flexibility index (Phi) is 2.91. The van der Waals surface area contributed by atoms with E-state index in [0.717, 1.165) is 29.5 Å². The molecule has 1 aromatic carbocycles. The highest BCUT2D eigenvalue weighted by atomic mass is 32.1. The minimum atomic E-state index is -0.741. The molecule has 0 spiro atoms. The number of benzene rings is 1. The van der Waals surface area contributed by atoms with Gasteiger partial charge in [0.2, 0.25) is 0 Å². The van der Waals surface area contributed by atoms with E-state index in [1.165, 1.54) is 6.20 Å². The van der Waals surface area contributed by atoms with E-state index in [1.807, 2.05) is 0 Å². The van der Waals surface area contributed by atoms with E-state index in [4.69, 9.17) is 0 Å². The van der Waals surface area contributed by atoms with Crippen molar-refractivity contribution in [1.82, 2.24) is 4.98 Å². The Bertz CT molecular complexity index is 493. The van der Waals surface area contributed by atoms with E-state index < -0.39 is 17.5 Å². The Morgan fingerprint density at radius 1 is 1.25 bits per heavy atom. The molecule has 3 nitrogen and oxygen atoms in total. The number of carbonyl (C=O) groups excluding carboxylic acids is 1. The zero-order valence-corrected chi connectivity index (χ0v) is 8.72. The molecule has 1 amide bonds. The Balaban J connectivity index is 2.18. The zero-order chi connectivity index (χ0) is 11.5. The molecule has 0 bridgehead atoms. The predicted octanol–water partition coefficient (Wildman–Crippen LogP) is 2.67. The van der Waals surface area contributed by atoms with E-state index in [0.29, 0.717) is 0 Å². The third-order valence-corrected chi connectivity index (χ3v) is 2.52. The Labute approximate surface area is 93.8 Å². The molecule has 0 atom stereocenters. The third-order valence-electron chi connectivity index (χ3n) is 1.75. The van der Waals surface area contributed by atoms with Crippen LogP contribution < -0.4 is 5.32 Å². The maximum absolute atomic E-state index is 12.8. The van der Waals surface area contributed by atoms with Gasteiger partial charge in [0.05, 0.1) is 0 Å². The van der Waals surface area contributed by atoms with E-state index in [2.05, 4.69) is 10.3 Å². The third kappa shape index (κ3) is 2.40. The summed E-state index contributed by atoms with van der Waals surface area (Å²) in [5, 5.41) is 4.24. The van der Waals surface area contributed by atoms with Gasteiger partial charge < -0.3 is 5.32 Å². The van der Waals surface area contributed by atoms with Crippen LogP contribution in [0.5, 0.6) is 0 Å². The van der Waals surface area contributed by atoms with Gasteiger partial charge in [0.25, 0.3) is 5.91 Å². The topological polar surface area (TPSA) is 42.0 Å². The van der Waals surface area contributed by atoms with Crippen LogP contribution in [0.3, 0.4) is 0 Å². The summed E-state index contributed by atoms with van der Waals surface area (Å²) in [6.45, 7) is 0. The summed E-state index contributed by atoms with van der Waals surface area (Å²) in [4.78, 5) is 15.3. The van der Waals surface area contributed by atoms with Crippen LogP contribution in [0.25, 0.3) is 0 Å². The Morgan fingerprint density at radius 2 is 1.94 bits per heavy atom. The number of hydrogen-bond donors (Lipinski definition) is 1. The van der Waals surface area contributed by atoms with Crippen molar-refractivity contribution in [2.45, 2.75) is 0 Å². The molecule has 82 valence electrons. The minimum Gasteiger partial charge on any atom is -0.320 e. The second-order valence-corrected chi connectivity index (χ2v) is 3.84. The lowest BCUT2D eigenvalue weighted by atomic mass is 10.3.